The van der Waals surface area contributed by atoms with Crippen LogP contribution in [0.5, 0.6) is 0 Å². The molecule has 4 nitrogen and oxygen atoms in total. The zero-order valence-electron chi connectivity index (χ0n) is 12.1. The van der Waals surface area contributed by atoms with Crippen molar-refractivity contribution in [3.8, 4) is 0 Å². The smallest absolute Gasteiger partial charge is 0.175 e. The summed E-state index contributed by atoms with van der Waals surface area (Å²) in [4.78, 5) is 10.7. The maximum atomic E-state index is 11.2. The number of hydrogen-bond donors (Lipinski definition) is 1. The first-order valence-electron chi connectivity index (χ1n) is 7.03. The van der Waals surface area contributed by atoms with Crippen LogP contribution in [0.2, 0.25) is 0 Å². The summed E-state index contributed by atoms with van der Waals surface area (Å²) in [6.07, 6.45) is 3.48. The van der Waals surface area contributed by atoms with E-state index in [0.717, 1.165) is 10.7 Å². The number of aliphatic imine (C=N–C) groups is 1. The Morgan fingerprint density at radius 1 is 1.27 bits per heavy atom. The van der Waals surface area contributed by atoms with Crippen LogP contribution in [0.4, 0.5) is 5.82 Å². The Labute approximate surface area is 134 Å². The van der Waals surface area contributed by atoms with Gasteiger partial charge in [0.1, 0.15) is 0 Å². The fraction of sp³-hybridized carbons (Fsp3) is 0.176. The number of pyridine rings is 1. The maximum Gasteiger partial charge on any atom is 0.175 e. The van der Waals surface area contributed by atoms with Gasteiger partial charge in [-0.3, -0.25) is 0 Å². The van der Waals surface area contributed by atoms with Gasteiger partial charge in [0.15, 0.2) is 16.7 Å². The normalized spacial score (nSPS) is 23.0. The van der Waals surface area contributed by atoms with Crippen LogP contribution in [-0.4, -0.2) is 32.5 Å². The summed E-state index contributed by atoms with van der Waals surface area (Å²) in [7, 11) is 0. The average molecular weight is 311 g/mol. The minimum atomic E-state index is -1.08. The van der Waals surface area contributed by atoms with Gasteiger partial charge in [-0.15, -0.1) is 6.58 Å². The molecular weight excluding hydrogens is 294 g/mol. The number of benzene rings is 1. The molecule has 22 heavy (non-hydrogen) atoms. The summed E-state index contributed by atoms with van der Waals surface area (Å²) in [5.74, 6) is 1.16. The standard InChI is InChI=1S/C17H17N3OS/c1-2-12-20-16(19-15-10-6-7-11-18-15)22-13-17(20,21)14-8-4-3-5-9-14/h2-11,21H,1,12-13H2/b19-16-. The van der Waals surface area contributed by atoms with Gasteiger partial charge in [0.25, 0.3) is 0 Å². The number of rotatable bonds is 4. The van der Waals surface area contributed by atoms with E-state index in [4.69, 9.17) is 0 Å². The van der Waals surface area contributed by atoms with E-state index in [1.54, 1.807) is 12.3 Å². The van der Waals surface area contributed by atoms with E-state index in [1.807, 2.05) is 53.4 Å². The lowest BCUT2D eigenvalue weighted by Gasteiger charge is -2.33. The molecule has 3 rings (SSSR count). The predicted octanol–water partition coefficient (Wildman–Crippen LogP) is 3.15. The second-order valence-electron chi connectivity index (χ2n) is 4.95. The van der Waals surface area contributed by atoms with E-state index in [9.17, 15) is 5.11 Å². The summed E-state index contributed by atoms with van der Waals surface area (Å²) in [6, 6.07) is 15.3. The zero-order chi connectivity index (χ0) is 15.4. The Balaban J connectivity index is 1.98. The van der Waals surface area contributed by atoms with Crippen LogP contribution in [0.3, 0.4) is 0 Å². The number of hydrogen-bond acceptors (Lipinski definition) is 4. The zero-order valence-corrected chi connectivity index (χ0v) is 12.9. The van der Waals surface area contributed by atoms with E-state index in [1.165, 1.54) is 11.8 Å². The van der Waals surface area contributed by atoms with Gasteiger partial charge in [-0.2, -0.15) is 0 Å². The van der Waals surface area contributed by atoms with E-state index in [-0.39, 0.29) is 0 Å². The van der Waals surface area contributed by atoms with Crippen LogP contribution in [0.25, 0.3) is 0 Å². The van der Waals surface area contributed by atoms with Gasteiger partial charge in [-0.1, -0.05) is 54.2 Å². The van der Waals surface area contributed by atoms with Crippen LogP contribution in [0, 0.1) is 0 Å². The Kier molecular flexibility index (Phi) is 4.27. The Morgan fingerprint density at radius 3 is 2.73 bits per heavy atom. The molecule has 1 aromatic heterocycles. The van der Waals surface area contributed by atoms with E-state index < -0.39 is 5.72 Å². The fourth-order valence-corrected chi connectivity index (χ4v) is 3.58. The van der Waals surface area contributed by atoms with Crippen LogP contribution >= 0.6 is 11.8 Å². The molecular formula is C17H17N3OS. The number of aromatic nitrogens is 1. The molecule has 1 atom stereocenters. The monoisotopic (exact) mass is 311 g/mol. The third-order valence-corrected chi connectivity index (χ3v) is 4.60. The summed E-state index contributed by atoms with van der Waals surface area (Å²) in [6.45, 7) is 4.31. The minimum Gasteiger partial charge on any atom is -0.366 e. The quantitative estimate of drug-likeness (QED) is 0.881. The number of amidine groups is 1. The molecule has 2 heterocycles. The van der Waals surface area contributed by atoms with Crippen molar-refractivity contribution >= 4 is 22.7 Å². The first-order valence-corrected chi connectivity index (χ1v) is 8.01. The molecule has 0 aliphatic carbocycles. The van der Waals surface area contributed by atoms with E-state index >= 15 is 0 Å². The molecule has 1 N–H and O–H groups in total. The third-order valence-electron chi connectivity index (χ3n) is 3.49. The van der Waals surface area contributed by atoms with Gasteiger partial charge in [0.05, 0.1) is 5.75 Å². The largest absolute Gasteiger partial charge is 0.366 e. The van der Waals surface area contributed by atoms with Crippen LogP contribution in [0.1, 0.15) is 5.56 Å². The maximum absolute atomic E-state index is 11.2. The van der Waals surface area contributed by atoms with Gasteiger partial charge < -0.3 is 10.0 Å². The van der Waals surface area contributed by atoms with Crippen molar-refractivity contribution in [1.29, 1.82) is 0 Å². The van der Waals surface area contributed by atoms with Gasteiger partial charge in [0.2, 0.25) is 0 Å². The lowest BCUT2D eigenvalue weighted by atomic mass is 10.0. The second-order valence-corrected chi connectivity index (χ2v) is 5.90. The highest BCUT2D eigenvalue weighted by molar-refractivity contribution is 8.14. The van der Waals surface area contributed by atoms with Crippen molar-refractivity contribution in [2.45, 2.75) is 5.72 Å². The summed E-state index contributed by atoms with van der Waals surface area (Å²) < 4.78 is 0. The molecule has 1 unspecified atom stereocenters. The molecule has 2 aromatic rings. The topological polar surface area (TPSA) is 48.7 Å². The Bertz CT molecular complexity index is 675. The lowest BCUT2D eigenvalue weighted by Crippen LogP contribution is -2.44. The molecule has 0 bridgehead atoms. The van der Waals surface area contributed by atoms with Crippen LogP contribution in [-0.2, 0) is 5.72 Å². The molecule has 1 aliphatic rings. The SMILES string of the molecule is C=CCN1/C(=N/c2ccccn2)SCC1(O)c1ccccc1. The molecule has 0 spiro atoms. The van der Waals surface area contributed by atoms with Gasteiger partial charge >= 0.3 is 0 Å². The Hall–Kier alpha value is -2.11. The Morgan fingerprint density at radius 2 is 2.05 bits per heavy atom. The summed E-state index contributed by atoms with van der Waals surface area (Å²) in [5, 5.41) is 11.9. The first-order chi connectivity index (χ1) is 10.7. The molecule has 1 aliphatic heterocycles. The van der Waals surface area contributed by atoms with E-state index in [2.05, 4.69) is 16.6 Å². The van der Waals surface area contributed by atoms with Crippen molar-refractivity contribution < 1.29 is 5.11 Å². The van der Waals surface area contributed by atoms with Crippen molar-refractivity contribution in [1.82, 2.24) is 9.88 Å². The number of aliphatic hydroxyl groups is 1. The molecule has 5 heteroatoms. The van der Waals surface area contributed by atoms with Crippen molar-refractivity contribution in [2.24, 2.45) is 4.99 Å². The minimum absolute atomic E-state index is 0.518. The van der Waals surface area contributed by atoms with Crippen LogP contribution < -0.4 is 0 Å². The summed E-state index contributed by atoms with van der Waals surface area (Å²) >= 11 is 1.53. The average Bonchev–Trinajstić information content (AvgIpc) is 2.88. The third kappa shape index (κ3) is 2.77. The van der Waals surface area contributed by atoms with Crippen molar-refractivity contribution in [2.75, 3.05) is 12.3 Å². The molecule has 0 amide bonds. The predicted molar refractivity (Wildman–Crippen MR) is 91.0 cm³/mol. The molecule has 1 aromatic carbocycles. The molecule has 112 valence electrons. The molecule has 1 saturated heterocycles. The fourth-order valence-electron chi connectivity index (χ4n) is 2.39. The van der Waals surface area contributed by atoms with Crippen LogP contribution in [0.15, 0.2) is 72.4 Å². The first kappa shape index (κ1) is 14.8. The highest BCUT2D eigenvalue weighted by Crippen LogP contribution is 2.39. The molecule has 0 radical (unpaired) electrons. The van der Waals surface area contributed by atoms with Gasteiger partial charge in [-0.05, 0) is 12.1 Å². The van der Waals surface area contributed by atoms with Crippen molar-refractivity contribution in [3.63, 3.8) is 0 Å². The molecule has 0 saturated carbocycles. The number of nitrogens with zero attached hydrogens (tertiary/aromatic N) is 3. The van der Waals surface area contributed by atoms with Gasteiger partial charge in [0, 0.05) is 18.3 Å². The number of thioether (sulfide) groups is 1. The van der Waals surface area contributed by atoms with Gasteiger partial charge in [-0.25, -0.2) is 9.98 Å². The summed E-state index contributed by atoms with van der Waals surface area (Å²) in [5.41, 5.74) is -0.219. The second kappa shape index (κ2) is 6.34. The van der Waals surface area contributed by atoms with Crippen molar-refractivity contribution in [3.05, 3.63) is 72.9 Å². The van der Waals surface area contributed by atoms with E-state index in [0.29, 0.717) is 18.1 Å². The lowest BCUT2D eigenvalue weighted by molar-refractivity contribution is -0.0422. The highest BCUT2D eigenvalue weighted by atomic mass is 32.2. The highest BCUT2D eigenvalue weighted by Gasteiger charge is 2.44. The molecule has 1 fully saturated rings.